The van der Waals surface area contributed by atoms with E-state index in [0.29, 0.717) is 23.2 Å². The maximum absolute atomic E-state index is 6.04. The Kier molecular flexibility index (Phi) is 5.34. The summed E-state index contributed by atoms with van der Waals surface area (Å²) in [5, 5.41) is 0.627. The van der Waals surface area contributed by atoms with E-state index in [0.717, 1.165) is 17.9 Å². The van der Waals surface area contributed by atoms with Crippen LogP contribution in [-0.4, -0.2) is 13.7 Å². The fourth-order valence-corrected chi connectivity index (χ4v) is 2.88. The first-order valence-electron chi connectivity index (χ1n) is 6.94. The van der Waals surface area contributed by atoms with Gasteiger partial charge in [-0.1, -0.05) is 30.9 Å². The first-order valence-corrected chi connectivity index (χ1v) is 7.31. The van der Waals surface area contributed by atoms with E-state index in [1.807, 2.05) is 6.07 Å². The summed E-state index contributed by atoms with van der Waals surface area (Å²) in [4.78, 5) is 0. The molecule has 1 aliphatic rings. The quantitative estimate of drug-likeness (QED) is 0.895. The molecule has 0 atom stereocenters. The van der Waals surface area contributed by atoms with Crippen molar-refractivity contribution in [2.75, 3.05) is 13.7 Å². The van der Waals surface area contributed by atoms with Crippen molar-refractivity contribution >= 4 is 11.6 Å². The lowest BCUT2D eigenvalue weighted by atomic mass is 9.90. The molecule has 0 heterocycles. The van der Waals surface area contributed by atoms with Crippen LogP contribution in [0.1, 0.15) is 37.7 Å². The van der Waals surface area contributed by atoms with Gasteiger partial charge in [0.25, 0.3) is 0 Å². The van der Waals surface area contributed by atoms with E-state index in [-0.39, 0.29) is 0 Å². The lowest BCUT2D eigenvalue weighted by Gasteiger charge is -2.23. The normalized spacial score (nSPS) is 16.4. The van der Waals surface area contributed by atoms with Crippen molar-refractivity contribution in [1.29, 1.82) is 0 Å². The molecule has 0 bridgehead atoms. The maximum atomic E-state index is 6.04. The Morgan fingerprint density at radius 1 is 1.26 bits per heavy atom. The van der Waals surface area contributed by atoms with Crippen LogP contribution in [-0.2, 0) is 6.54 Å². The summed E-state index contributed by atoms with van der Waals surface area (Å²) in [6.07, 6.45) is 6.50. The Balaban J connectivity index is 2.09. The van der Waals surface area contributed by atoms with Crippen LogP contribution >= 0.6 is 11.6 Å². The van der Waals surface area contributed by atoms with Gasteiger partial charge >= 0.3 is 0 Å². The molecular weight excluding hydrogens is 262 g/mol. The number of ether oxygens (including phenoxy) is 2. The van der Waals surface area contributed by atoms with Crippen molar-refractivity contribution in [3.63, 3.8) is 0 Å². The SMILES string of the molecule is COc1cc(Cl)cc(CN)c1OCC1CCCCC1. The molecular formula is C15H22ClNO2. The molecule has 1 saturated carbocycles. The van der Waals surface area contributed by atoms with Crippen LogP contribution in [0, 0.1) is 5.92 Å². The summed E-state index contributed by atoms with van der Waals surface area (Å²) in [6, 6.07) is 3.62. The zero-order chi connectivity index (χ0) is 13.7. The molecule has 1 aliphatic carbocycles. The van der Waals surface area contributed by atoms with Gasteiger partial charge in [0, 0.05) is 23.2 Å². The van der Waals surface area contributed by atoms with Gasteiger partial charge in [-0.25, -0.2) is 0 Å². The Bertz CT molecular complexity index is 392. The summed E-state index contributed by atoms with van der Waals surface area (Å²) in [7, 11) is 1.62. The predicted molar refractivity (Wildman–Crippen MR) is 78.0 cm³/mol. The van der Waals surface area contributed by atoms with Crippen molar-refractivity contribution in [1.82, 2.24) is 0 Å². The van der Waals surface area contributed by atoms with Crippen molar-refractivity contribution in [3.05, 3.63) is 22.7 Å². The highest BCUT2D eigenvalue weighted by Gasteiger charge is 2.17. The van der Waals surface area contributed by atoms with Gasteiger partial charge in [-0.3, -0.25) is 0 Å². The molecule has 3 nitrogen and oxygen atoms in total. The van der Waals surface area contributed by atoms with Crippen LogP contribution in [0.15, 0.2) is 12.1 Å². The first kappa shape index (κ1) is 14.5. The number of methoxy groups -OCH3 is 1. The van der Waals surface area contributed by atoms with Crippen LogP contribution < -0.4 is 15.2 Å². The van der Waals surface area contributed by atoms with E-state index >= 15 is 0 Å². The van der Waals surface area contributed by atoms with Gasteiger partial charge in [0.1, 0.15) is 0 Å². The summed E-state index contributed by atoms with van der Waals surface area (Å²) in [5.74, 6) is 2.07. The fourth-order valence-electron chi connectivity index (χ4n) is 2.64. The van der Waals surface area contributed by atoms with Gasteiger partial charge in [-0.05, 0) is 24.8 Å². The zero-order valence-electron chi connectivity index (χ0n) is 11.5. The van der Waals surface area contributed by atoms with Crippen molar-refractivity contribution in [3.8, 4) is 11.5 Å². The van der Waals surface area contributed by atoms with Crippen molar-refractivity contribution in [2.24, 2.45) is 11.7 Å². The molecule has 1 fully saturated rings. The monoisotopic (exact) mass is 283 g/mol. The summed E-state index contributed by atoms with van der Waals surface area (Å²) < 4.78 is 11.3. The van der Waals surface area contributed by atoms with Gasteiger partial charge in [-0.2, -0.15) is 0 Å². The van der Waals surface area contributed by atoms with E-state index in [9.17, 15) is 0 Å². The molecule has 4 heteroatoms. The topological polar surface area (TPSA) is 44.5 Å². The average molecular weight is 284 g/mol. The molecule has 2 rings (SSSR count). The minimum absolute atomic E-state index is 0.400. The molecule has 0 saturated heterocycles. The third-order valence-electron chi connectivity index (χ3n) is 3.72. The van der Waals surface area contributed by atoms with Gasteiger partial charge in [0.2, 0.25) is 0 Å². The number of benzene rings is 1. The molecule has 0 aliphatic heterocycles. The van der Waals surface area contributed by atoms with Crippen LogP contribution in [0.4, 0.5) is 0 Å². The zero-order valence-corrected chi connectivity index (χ0v) is 12.2. The second kappa shape index (κ2) is 7.01. The molecule has 1 aromatic rings. The molecule has 0 amide bonds. The summed E-state index contributed by atoms with van der Waals surface area (Å²) >= 11 is 6.04. The number of hydrogen-bond acceptors (Lipinski definition) is 3. The van der Waals surface area contributed by atoms with Crippen molar-refractivity contribution < 1.29 is 9.47 Å². The molecule has 0 spiro atoms. The Hall–Kier alpha value is -0.930. The summed E-state index contributed by atoms with van der Waals surface area (Å²) in [6.45, 7) is 1.14. The predicted octanol–water partition coefficient (Wildman–Crippen LogP) is 3.77. The van der Waals surface area contributed by atoms with Gasteiger partial charge in [0.05, 0.1) is 13.7 Å². The molecule has 0 radical (unpaired) electrons. The minimum atomic E-state index is 0.400. The van der Waals surface area contributed by atoms with Gasteiger partial charge in [-0.15, -0.1) is 0 Å². The highest BCUT2D eigenvalue weighted by atomic mass is 35.5. The average Bonchev–Trinajstić information content (AvgIpc) is 2.46. The van der Waals surface area contributed by atoms with Crippen LogP contribution in [0.2, 0.25) is 5.02 Å². The van der Waals surface area contributed by atoms with Gasteiger partial charge in [0.15, 0.2) is 11.5 Å². The fraction of sp³-hybridized carbons (Fsp3) is 0.600. The standard InChI is InChI=1S/C15H22ClNO2/c1-18-14-8-13(16)7-12(9-17)15(14)19-10-11-5-3-2-4-6-11/h7-8,11H,2-6,9-10,17H2,1H3. The number of rotatable bonds is 5. The smallest absolute Gasteiger partial charge is 0.165 e. The molecule has 106 valence electrons. The lowest BCUT2D eigenvalue weighted by molar-refractivity contribution is 0.201. The summed E-state index contributed by atoms with van der Waals surface area (Å²) in [5.41, 5.74) is 6.66. The highest BCUT2D eigenvalue weighted by Crippen LogP contribution is 2.35. The van der Waals surface area contributed by atoms with E-state index in [1.165, 1.54) is 32.1 Å². The largest absolute Gasteiger partial charge is 0.493 e. The van der Waals surface area contributed by atoms with Crippen LogP contribution in [0.3, 0.4) is 0 Å². The second-order valence-corrected chi connectivity index (χ2v) is 5.55. The first-order chi connectivity index (χ1) is 9.24. The van der Waals surface area contributed by atoms with Gasteiger partial charge < -0.3 is 15.2 Å². The molecule has 0 unspecified atom stereocenters. The van der Waals surface area contributed by atoms with E-state index in [1.54, 1.807) is 13.2 Å². The third kappa shape index (κ3) is 3.77. The Morgan fingerprint density at radius 3 is 2.63 bits per heavy atom. The van der Waals surface area contributed by atoms with Crippen molar-refractivity contribution in [2.45, 2.75) is 38.6 Å². The molecule has 19 heavy (non-hydrogen) atoms. The maximum Gasteiger partial charge on any atom is 0.165 e. The second-order valence-electron chi connectivity index (χ2n) is 5.12. The van der Waals surface area contributed by atoms with E-state index in [2.05, 4.69) is 0 Å². The number of halogens is 1. The Morgan fingerprint density at radius 2 is 2.00 bits per heavy atom. The van der Waals surface area contributed by atoms with E-state index in [4.69, 9.17) is 26.8 Å². The molecule has 1 aromatic carbocycles. The number of hydrogen-bond donors (Lipinski definition) is 1. The third-order valence-corrected chi connectivity index (χ3v) is 3.94. The Labute approximate surface area is 120 Å². The lowest BCUT2D eigenvalue weighted by Crippen LogP contribution is -2.16. The van der Waals surface area contributed by atoms with E-state index < -0.39 is 0 Å². The van der Waals surface area contributed by atoms with Crippen LogP contribution in [0.5, 0.6) is 11.5 Å². The van der Waals surface area contributed by atoms with Crippen LogP contribution in [0.25, 0.3) is 0 Å². The highest BCUT2D eigenvalue weighted by molar-refractivity contribution is 6.30. The molecule has 2 N–H and O–H groups in total. The minimum Gasteiger partial charge on any atom is -0.493 e. The number of nitrogens with two attached hydrogens (primary N) is 1. The molecule has 0 aromatic heterocycles.